The lowest BCUT2D eigenvalue weighted by Gasteiger charge is -2.39. The predicted octanol–water partition coefficient (Wildman–Crippen LogP) is 2.15. The molecule has 1 unspecified atom stereocenters. The minimum Gasteiger partial charge on any atom is -0.342 e. The molecule has 0 bridgehead atoms. The summed E-state index contributed by atoms with van der Waals surface area (Å²) in [7, 11) is 0. The minimum atomic E-state index is 0.0568. The number of carbonyl (C=O) groups excluding carboxylic acids is 2. The second-order valence-electron chi connectivity index (χ2n) is 8.89. The van der Waals surface area contributed by atoms with Crippen molar-refractivity contribution < 1.29 is 9.59 Å². The number of nitrogens with zero attached hydrogens (tertiary/aromatic N) is 2. The third-order valence-corrected chi connectivity index (χ3v) is 7.46. The van der Waals surface area contributed by atoms with Crippen molar-refractivity contribution in [1.29, 1.82) is 0 Å². The van der Waals surface area contributed by atoms with Crippen molar-refractivity contribution in [2.24, 2.45) is 23.2 Å². The molecule has 3 heterocycles. The lowest BCUT2D eigenvalue weighted by molar-refractivity contribution is -0.135. The quantitative estimate of drug-likeness (QED) is 0.864. The number of nitrogens with one attached hydrogen (secondary N) is 1. The molecule has 4 fully saturated rings. The summed E-state index contributed by atoms with van der Waals surface area (Å²) < 4.78 is 0. The Morgan fingerprint density at radius 1 is 1.15 bits per heavy atom. The zero-order valence-corrected chi connectivity index (χ0v) is 16.3. The molecule has 5 rings (SSSR count). The number of fused-ring (bicyclic) bond motifs is 1. The highest BCUT2D eigenvalue weighted by Gasteiger charge is 2.58. The van der Waals surface area contributed by atoms with Gasteiger partial charge in [0.25, 0.3) is 0 Å². The summed E-state index contributed by atoms with van der Waals surface area (Å²) in [5.74, 6) is 2.04. The zero-order valence-electron chi connectivity index (χ0n) is 15.5. The Morgan fingerprint density at radius 3 is 2.48 bits per heavy atom. The fourth-order valence-corrected chi connectivity index (χ4v) is 5.59. The third kappa shape index (κ3) is 3.15. The van der Waals surface area contributed by atoms with Crippen LogP contribution in [0.3, 0.4) is 0 Å². The second kappa shape index (κ2) is 6.49. The summed E-state index contributed by atoms with van der Waals surface area (Å²) in [4.78, 5) is 29.4. The van der Waals surface area contributed by atoms with Gasteiger partial charge in [-0.2, -0.15) is 0 Å². The molecule has 5 nitrogen and oxygen atoms in total. The summed E-state index contributed by atoms with van der Waals surface area (Å²) in [6.45, 7) is 5.10. The normalized spacial score (nSPS) is 31.4. The number of benzene rings is 1. The maximum Gasteiger partial charge on any atom is 0.226 e. The molecule has 3 atom stereocenters. The fourth-order valence-electron chi connectivity index (χ4n) is 5.47. The van der Waals surface area contributed by atoms with Crippen LogP contribution in [0.4, 0.5) is 0 Å². The van der Waals surface area contributed by atoms with Crippen molar-refractivity contribution in [2.75, 3.05) is 32.7 Å². The van der Waals surface area contributed by atoms with Gasteiger partial charge in [-0.3, -0.25) is 9.59 Å². The number of carbonyl (C=O) groups is 2. The topological polar surface area (TPSA) is 52.7 Å². The standard InChI is InChI=1S/C21H26ClN3O2/c22-15-3-1-14(2-4-15)12-25-13-21(9-18(25)26)5-7-24(8-6-21)20(27)19-16-10-23-11-17(16)19/h1-4,16-17,19,23H,5-13H2/t16-,17+,19?. The summed E-state index contributed by atoms with van der Waals surface area (Å²) in [5.41, 5.74) is 1.17. The monoisotopic (exact) mass is 387 g/mol. The van der Waals surface area contributed by atoms with E-state index in [2.05, 4.69) is 10.2 Å². The van der Waals surface area contributed by atoms with Gasteiger partial charge in [0.2, 0.25) is 11.8 Å². The average molecular weight is 388 g/mol. The molecule has 0 aromatic heterocycles. The Labute approximate surface area is 165 Å². The molecule has 1 aliphatic carbocycles. The molecule has 4 aliphatic rings. The van der Waals surface area contributed by atoms with Crippen LogP contribution in [-0.4, -0.2) is 54.3 Å². The van der Waals surface area contributed by atoms with E-state index < -0.39 is 0 Å². The number of likely N-dealkylation sites (tertiary alicyclic amines) is 2. The highest BCUT2D eigenvalue weighted by Crippen LogP contribution is 2.50. The van der Waals surface area contributed by atoms with E-state index in [0.29, 0.717) is 30.7 Å². The molecule has 2 amide bonds. The predicted molar refractivity (Wildman–Crippen MR) is 103 cm³/mol. The Kier molecular flexibility index (Phi) is 4.21. The van der Waals surface area contributed by atoms with Crippen LogP contribution < -0.4 is 5.32 Å². The number of rotatable bonds is 3. The number of amides is 2. The van der Waals surface area contributed by atoms with Crippen LogP contribution in [0.15, 0.2) is 24.3 Å². The van der Waals surface area contributed by atoms with Crippen LogP contribution in [0.1, 0.15) is 24.8 Å². The van der Waals surface area contributed by atoms with E-state index >= 15 is 0 Å². The van der Waals surface area contributed by atoms with Gasteiger partial charge in [-0.05, 0) is 55.5 Å². The molecule has 1 aromatic rings. The van der Waals surface area contributed by atoms with Crippen molar-refractivity contribution in [2.45, 2.75) is 25.8 Å². The van der Waals surface area contributed by atoms with Gasteiger partial charge in [-0.25, -0.2) is 0 Å². The van der Waals surface area contributed by atoms with Gasteiger partial charge in [0.15, 0.2) is 0 Å². The first kappa shape index (κ1) is 17.5. The fraction of sp³-hybridized carbons (Fsp3) is 0.619. The molecule has 1 N–H and O–H groups in total. The molecule has 0 radical (unpaired) electrons. The summed E-state index contributed by atoms with van der Waals surface area (Å²) in [6, 6.07) is 7.73. The molecule has 6 heteroatoms. The van der Waals surface area contributed by atoms with Gasteiger partial charge in [0.1, 0.15) is 0 Å². The first-order valence-electron chi connectivity index (χ1n) is 10.1. The highest BCUT2D eigenvalue weighted by molar-refractivity contribution is 6.30. The maximum atomic E-state index is 12.8. The first-order valence-corrected chi connectivity index (χ1v) is 10.4. The van der Waals surface area contributed by atoms with Gasteiger partial charge in [-0.15, -0.1) is 0 Å². The third-order valence-electron chi connectivity index (χ3n) is 7.20. The highest BCUT2D eigenvalue weighted by atomic mass is 35.5. The van der Waals surface area contributed by atoms with Crippen LogP contribution in [0.5, 0.6) is 0 Å². The molecule has 1 aromatic carbocycles. The van der Waals surface area contributed by atoms with E-state index in [1.165, 1.54) is 0 Å². The van der Waals surface area contributed by atoms with Gasteiger partial charge in [-0.1, -0.05) is 23.7 Å². The Bertz CT molecular complexity index is 747. The van der Waals surface area contributed by atoms with E-state index in [1.54, 1.807) is 0 Å². The molecular weight excluding hydrogens is 362 g/mol. The van der Waals surface area contributed by atoms with Crippen molar-refractivity contribution in [3.05, 3.63) is 34.9 Å². The number of halogens is 1. The number of hydrogen-bond acceptors (Lipinski definition) is 3. The van der Waals surface area contributed by atoms with E-state index in [4.69, 9.17) is 11.6 Å². The molecular formula is C21H26ClN3O2. The minimum absolute atomic E-state index is 0.0568. The maximum absolute atomic E-state index is 12.8. The molecule has 1 spiro atoms. The SMILES string of the molecule is O=C1CC2(CCN(C(=O)C3[C@H]4CNC[C@@H]34)CC2)CN1Cc1ccc(Cl)cc1. The largest absolute Gasteiger partial charge is 0.342 e. The van der Waals surface area contributed by atoms with E-state index in [9.17, 15) is 9.59 Å². The van der Waals surface area contributed by atoms with E-state index in [0.717, 1.165) is 56.2 Å². The molecule has 1 saturated carbocycles. The molecule has 144 valence electrons. The average Bonchev–Trinajstić information content (AvgIpc) is 2.98. The van der Waals surface area contributed by atoms with Gasteiger partial charge in [0.05, 0.1) is 0 Å². The smallest absolute Gasteiger partial charge is 0.226 e. The second-order valence-corrected chi connectivity index (χ2v) is 9.33. The Hall–Kier alpha value is -1.59. The lowest BCUT2D eigenvalue weighted by Crippen LogP contribution is -2.45. The molecule has 3 aliphatic heterocycles. The van der Waals surface area contributed by atoms with Crippen LogP contribution in [-0.2, 0) is 16.1 Å². The summed E-state index contributed by atoms with van der Waals surface area (Å²) in [5, 5.41) is 4.08. The van der Waals surface area contributed by atoms with E-state index in [1.807, 2.05) is 29.2 Å². The van der Waals surface area contributed by atoms with Gasteiger partial charge >= 0.3 is 0 Å². The lowest BCUT2D eigenvalue weighted by atomic mass is 9.77. The van der Waals surface area contributed by atoms with Crippen LogP contribution >= 0.6 is 11.6 Å². The molecule has 3 saturated heterocycles. The van der Waals surface area contributed by atoms with Crippen LogP contribution in [0, 0.1) is 23.2 Å². The Morgan fingerprint density at radius 2 is 1.81 bits per heavy atom. The van der Waals surface area contributed by atoms with Crippen molar-refractivity contribution in [3.63, 3.8) is 0 Å². The van der Waals surface area contributed by atoms with Crippen molar-refractivity contribution in [1.82, 2.24) is 15.1 Å². The van der Waals surface area contributed by atoms with E-state index in [-0.39, 0.29) is 17.2 Å². The van der Waals surface area contributed by atoms with Crippen LogP contribution in [0.25, 0.3) is 0 Å². The first-order chi connectivity index (χ1) is 13.0. The molecule has 27 heavy (non-hydrogen) atoms. The van der Waals surface area contributed by atoms with Gasteiger partial charge in [0, 0.05) is 49.0 Å². The van der Waals surface area contributed by atoms with Crippen molar-refractivity contribution in [3.8, 4) is 0 Å². The van der Waals surface area contributed by atoms with Crippen LogP contribution in [0.2, 0.25) is 5.02 Å². The zero-order chi connectivity index (χ0) is 18.6. The van der Waals surface area contributed by atoms with Crippen molar-refractivity contribution >= 4 is 23.4 Å². The Balaban J connectivity index is 1.18. The number of piperidine rings is 2. The summed E-state index contributed by atoms with van der Waals surface area (Å²) in [6.07, 6.45) is 2.52. The summed E-state index contributed by atoms with van der Waals surface area (Å²) >= 11 is 5.95. The number of hydrogen-bond donors (Lipinski definition) is 1. The van der Waals surface area contributed by atoms with Gasteiger partial charge < -0.3 is 15.1 Å².